The molecule has 1 heterocycles. The predicted molar refractivity (Wildman–Crippen MR) is 170 cm³/mol. The van der Waals surface area contributed by atoms with Crippen molar-refractivity contribution in [2.45, 2.75) is 57.3 Å². The molecule has 1 amide bonds. The molecular weight excluding hydrogens is 574 g/mol. The van der Waals surface area contributed by atoms with Gasteiger partial charge in [-0.1, -0.05) is 72.1 Å². The zero-order chi connectivity index (χ0) is 31.9. The summed E-state index contributed by atoms with van der Waals surface area (Å²) in [5, 5.41) is 16.6. The first-order valence-corrected chi connectivity index (χ1v) is 14.9. The third-order valence-corrected chi connectivity index (χ3v) is 7.41. The first-order chi connectivity index (χ1) is 22.1. The molecule has 3 aromatic carbocycles. The standard InChI is InChI=1S/C32H37N9O4/c1-2-3-17-35-39-31(43)32(20-24-9-4-5-10-25(24)21-36-40-33)29(28-12-7-6-11-26(28)22-37-41-34)45-30(38-32)23-13-15-27(16-14-23)44-19-8-18-42/h4-7,9-16,29,35,42H,2-3,8,17-22H2,1H3,(H,39,43)/t29-,32-/m0/s1. The normalized spacial score (nSPS) is 16.9. The van der Waals surface area contributed by atoms with E-state index in [-0.39, 0.29) is 32.0 Å². The number of aliphatic hydroxyl groups is 1. The van der Waals surface area contributed by atoms with Gasteiger partial charge in [-0.3, -0.25) is 10.2 Å². The maximum Gasteiger partial charge on any atom is 0.266 e. The summed E-state index contributed by atoms with van der Waals surface area (Å²) in [6.45, 7) is 3.20. The van der Waals surface area contributed by atoms with E-state index in [4.69, 9.17) is 30.6 Å². The molecule has 0 saturated carbocycles. The molecule has 234 valence electrons. The Hall–Kier alpha value is -5.06. The fourth-order valence-corrected chi connectivity index (χ4v) is 5.10. The molecule has 0 bridgehead atoms. The summed E-state index contributed by atoms with van der Waals surface area (Å²) in [6.07, 6.45) is 1.54. The van der Waals surface area contributed by atoms with Crippen molar-refractivity contribution in [3.05, 3.63) is 121 Å². The number of nitrogens with one attached hydrogen (secondary N) is 2. The molecule has 13 nitrogen and oxygen atoms in total. The van der Waals surface area contributed by atoms with Gasteiger partial charge in [0.1, 0.15) is 5.75 Å². The molecule has 0 fully saturated rings. The molecule has 0 radical (unpaired) electrons. The molecule has 0 saturated heterocycles. The molecule has 0 unspecified atom stereocenters. The van der Waals surface area contributed by atoms with Gasteiger partial charge in [0.25, 0.3) is 5.91 Å². The smallest absolute Gasteiger partial charge is 0.266 e. The Bertz CT molecular complexity index is 1570. The SMILES string of the molecule is CCCCNNC(=O)[C@@]1(Cc2ccccc2CN=[N+]=[N-])N=C(c2ccc(OCCCO)cc2)O[C@H]1c1ccccc1CN=[N+]=[N-]. The minimum atomic E-state index is -1.51. The number of nitrogens with zero attached hydrogens (tertiary/aromatic N) is 7. The van der Waals surface area contributed by atoms with E-state index in [2.05, 4.69) is 37.8 Å². The molecule has 45 heavy (non-hydrogen) atoms. The van der Waals surface area contributed by atoms with Crippen molar-refractivity contribution in [3.63, 3.8) is 0 Å². The van der Waals surface area contributed by atoms with Crippen molar-refractivity contribution >= 4 is 11.8 Å². The lowest BCUT2D eigenvalue weighted by Crippen LogP contribution is -2.54. The highest BCUT2D eigenvalue weighted by Crippen LogP contribution is 2.44. The Morgan fingerprint density at radius 1 is 0.978 bits per heavy atom. The van der Waals surface area contributed by atoms with E-state index in [1.165, 1.54) is 0 Å². The maximum absolute atomic E-state index is 14.4. The summed E-state index contributed by atoms with van der Waals surface area (Å²) in [5.74, 6) is 0.481. The van der Waals surface area contributed by atoms with Gasteiger partial charge in [-0.05, 0) is 64.0 Å². The summed E-state index contributed by atoms with van der Waals surface area (Å²) in [5.41, 5.74) is 26.0. The number of carbonyl (C=O) groups is 1. The van der Waals surface area contributed by atoms with Crippen molar-refractivity contribution in [3.8, 4) is 5.75 Å². The number of hydrogen-bond donors (Lipinski definition) is 3. The number of benzene rings is 3. The highest BCUT2D eigenvalue weighted by atomic mass is 16.5. The van der Waals surface area contributed by atoms with Crippen molar-refractivity contribution < 1.29 is 19.4 Å². The monoisotopic (exact) mass is 611 g/mol. The number of unbranched alkanes of at least 4 members (excludes halogenated alkanes) is 1. The number of amides is 1. The van der Waals surface area contributed by atoms with Crippen LogP contribution in [-0.2, 0) is 29.0 Å². The largest absolute Gasteiger partial charge is 0.494 e. The number of hydrogen-bond acceptors (Lipinski definition) is 8. The third-order valence-electron chi connectivity index (χ3n) is 7.41. The topological polar surface area (TPSA) is 190 Å². The Labute approximate surface area is 261 Å². The van der Waals surface area contributed by atoms with Crippen LogP contribution in [-0.4, -0.2) is 42.2 Å². The molecule has 0 aliphatic carbocycles. The molecule has 4 rings (SSSR count). The molecule has 1 aliphatic rings. The lowest BCUT2D eigenvalue weighted by atomic mass is 9.80. The van der Waals surface area contributed by atoms with E-state index in [9.17, 15) is 4.79 Å². The van der Waals surface area contributed by atoms with Crippen LogP contribution < -0.4 is 15.6 Å². The van der Waals surface area contributed by atoms with Crippen molar-refractivity contribution in [2.75, 3.05) is 19.8 Å². The molecule has 3 N–H and O–H groups in total. The molecule has 1 aliphatic heterocycles. The molecule has 13 heteroatoms. The number of aliphatic imine (C=N–C) groups is 1. The Balaban J connectivity index is 1.85. The Morgan fingerprint density at radius 2 is 1.64 bits per heavy atom. The number of rotatable bonds is 17. The van der Waals surface area contributed by atoms with Crippen LogP contribution in [0.4, 0.5) is 0 Å². The summed E-state index contributed by atoms with van der Waals surface area (Å²) >= 11 is 0. The van der Waals surface area contributed by atoms with Crippen molar-refractivity contribution in [1.82, 2.24) is 10.9 Å². The van der Waals surface area contributed by atoms with Gasteiger partial charge in [-0.15, -0.1) is 0 Å². The van der Waals surface area contributed by atoms with Crippen LogP contribution in [0.2, 0.25) is 0 Å². The second-order valence-electron chi connectivity index (χ2n) is 10.4. The fourth-order valence-electron chi connectivity index (χ4n) is 5.10. The van der Waals surface area contributed by atoms with Crippen LogP contribution in [0.5, 0.6) is 5.75 Å². The van der Waals surface area contributed by atoms with Gasteiger partial charge in [-0.2, -0.15) is 0 Å². The zero-order valence-electron chi connectivity index (χ0n) is 25.2. The van der Waals surface area contributed by atoms with Gasteiger partial charge < -0.3 is 14.6 Å². The van der Waals surface area contributed by atoms with Crippen molar-refractivity contribution in [2.24, 2.45) is 15.2 Å². The van der Waals surface area contributed by atoms with Gasteiger partial charge >= 0.3 is 0 Å². The van der Waals surface area contributed by atoms with Gasteiger partial charge in [-0.25, -0.2) is 10.4 Å². The number of hydrazine groups is 1. The number of carbonyl (C=O) groups excluding carboxylic acids is 1. The second kappa shape index (κ2) is 16.7. The van der Waals surface area contributed by atoms with E-state index in [0.717, 1.165) is 24.0 Å². The summed E-state index contributed by atoms with van der Waals surface area (Å²) < 4.78 is 12.3. The van der Waals surface area contributed by atoms with Crippen LogP contribution in [0.25, 0.3) is 20.9 Å². The molecule has 3 aromatic rings. The molecule has 0 aromatic heterocycles. The minimum Gasteiger partial charge on any atom is -0.494 e. The average molecular weight is 612 g/mol. The maximum atomic E-state index is 14.4. The third kappa shape index (κ3) is 8.31. The molecule has 2 atom stereocenters. The Kier molecular flexibility index (Phi) is 12.2. The quantitative estimate of drug-likeness (QED) is 0.0554. The van der Waals surface area contributed by atoms with Crippen LogP contribution in [0, 0.1) is 0 Å². The molecule has 0 spiro atoms. The second-order valence-corrected chi connectivity index (χ2v) is 10.4. The van der Waals surface area contributed by atoms with Crippen LogP contribution in [0.1, 0.15) is 60.1 Å². The average Bonchev–Trinajstić information content (AvgIpc) is 3.46. The number of ether oxygens (including phenoxy) is 2. The van der Waals surface area contributed by atoms with E-state index in [0.29, 0.717) is 42.0 Å². The molecular formula is C32H37N9O4. The lowest BCUT2D eigenvalue weighted by molar-refractivity contribution is -0.130. The zero-order valence-corrected chi connectivity index (χ0v) is 25.2. The lowest BCUT2D eigenvalue weighted by Gasteiger charge is -2.32. The van der Waals surface area contributed by atoms with E-state index in [1.807, 2.05) is 48.5 Å². The minimum absolute atomic E-state index is 0.0364. The van der Waals surface area contributed by atoms with E-state index in [1.54, 1.807) is 24.3 Å². The van der Waals surface area contributed by atoms with Crippen LogP contribution >= 0.6 is 0 Å². The highest BCUT2D eigenvalue weighted by Gasteiger charge is 2.54. The van der Waals surface area contributed by atoms with Crippen molar-refractivity contribution in [1.29, 1.82) is 0 Å². The van der Waals surface area contributed by atoms with E-state index < -0.39 is 17.6 Å². The fraction of sp³-hybridized carbons (Fsp3) is 0.375. The summed E-state index contributed by atoms with van der Waals surface area (Å²) in [7, 11) is 0. The van der Waals surface area contributed by atoms with Gasteiger partial charge in [0, 0.05) is 41.4 Å². The first kappa shape index (κ1) is 32.8. The van der Waals surface area contributed by atoms with Gasteiger partial charge in [0.05, 0.1) is 19.7 Å². The predicted octanol–water partition coefficient (Wildman–Crippen LogP) is 5.99. The Morgan fingerprint density at radius 3 is 2.33 bits per heavy atom. The summed E-state index contributed by atoms with van der Waals surface area (Å²) in [6, 6.07) is 22.0. The first-order valence-electron chi connectivity index (χ1n) is 14.9. The highest BCUT2D eigenvalue weighted by molar-refractivity contribution is 6.01. The van der Waals surface area contributed by atoms with Crippen LogP contribution in [0.15, 0.2) is 88.0 Å². The van der Waals surface area contributed by atoms with Crippen LogP contribution in [0.3, 0.4) is 0 Å². The number of azide groups is 2. The summed E-state index contributed by atoms with van der Waals surface area (Å²) in [4.78, 5) is 25.3. The number of aliphatic hydroxyl groups excluding tert-OH is 1. The van der Waals surface area contributed by atoms with Gasteiger partial charge in [0.2, 0.25) is 5.90 Å². The van der Waals surface area contributed by atoms with Gasteiger partial charge in [0.15, 0.2) is 11.6 Å². The van der Waals surface area contributed by atoms with E-state index >= 15 is 0 Å².